The second-order valence-corrected chi connectivity index (χ2v) is 9.04. The Morgan fingerprint density at radius 2 is 1.93 bits per heavy atom. The van der Waals surface area contributed by atoms with Crippen molar-refractivity contribution in [2.75, 3.05) is 29.2 Å². The van der Waals surface area contributed by atoms with Crippen LogP contribution < -0.4 is 21.1 Å². The zero-order valence-corrected chi connectivity index (χ0v) is 18.4. The van der Waals surface area contributed by atoms with Gasteiger partial charge in [0.1, 0.15) is 5.75 Å². The maximum Gasteiger partial charge on any atom is 0.234 e. The number of hydrogen-bond donors (Lipinski definition) is 3. The maximum absolute atomic E-state index is 12.3. The molecule has 0 aliphatic rings. The lowest BCUT2D eigenvalue weighted by atomic mass is 10.3. The highest BCUT2D eigenvalue weighted by molar-refractivity contribution is 8.01. The normalized spacial score (nSPS) is 10.4. The lowest BCUT2D eigenvalue weighted by Crippen LogP contribution is -2.15. The maximum atomic E-state index is 12.3. The number of primary amides is 1. The minimum absolute atomic E-state index is 0.148. The Hall–Kier alpha value is -2.76. The fourth-order valence-corrected chi connectivity index (χ4v) is 4.62. The van der Waals surface area contributed by atoms with E-state index >= 15 is 0 Å². The van der Waals surface area contributed by atoms with Crippen molar-refractivity contribution in [1.82, 2.24) is 10.2 Å². The van der Waals surface area contributed by atoms with Crippen LogP contribution in [-0.4, -0.2) is 40.6 Å². The summed E-state index contributed by atoms with van der Waals surface area (Å²) in [6, 6.07) is 14.8. The molecule has 0 aliphatic carbocycles. The number of amides is 2. The second-order valence-electron chi connectivity index (χ2n) is 5.82. The third-order valence-electron chi connectivity index (χ3n) is 3.59. The number of methoxy groups -OCH3 is 1. The van der Waals surface area contributed by atoms with E-state index in [9.17, 15) is 9.59 Å². The number of aromatic nitrogens is 2. The van der Waals surface area contributed by atoms with Gasteiger partial charge in [-0.15, -0.1) is 22.0 Å². The summed E-state index contributed by atoms with van der Waals surface area (Å²) < 4.78 is 5.87. The average Bonchev–Trinajstić information content (AvgIpc) is 3.19. The third-order valence-corrected chi connectivity index (χ3v) is 6.65. The molecule has 11 heteroatoms. The largest absolute Gasteiger partial charge is 0.497 e. The standard InChI is InChI=1S/C19H19N5O3S3/c1-27-13-6-4-5-12(9-13)21-18-23-24-19(30-18)29-11-17(26)22-14-7-2-3-8-15(14)28-10-16(20)25/h2-9H,10-11H2,1H3,(H2,20,25)(H,21,23)(H,22,26). The molecule has 0 radical (unpaired) electrons. The molecule has 0 unspecified atom stereocenters. The molecule has 4 N–H and O–H groups in total. The SMILES string of the molecule is COc1cccc(Nc2nnc(SCC(=O)Nc3ccccc3SCC(N)=O)s2)c1. The highest BCUT2D eigenvalue weighted by Crippen LogP contribution is 2.30. The van der Waals surface area contributed by atoms with E-state index in [0.717, 1.165) is 16.3 Å². The number of hydrogen-bond acceptors (Lipinski definition) is 9. The number of nitrogens with two attached hydrogens (primary N) is 1. The Bertz CT molecular complexity index is 1030. The number of benzene rings is 2. The van der Waals surface area contributed by atoms with Crippen molar-refractivity contribution in [3.8, 4) is 5.75 Å². The molecule has 0 bridgehead atoms. The summed E-state index contributed by atoms with van der Waals surface area (Å²) in [5.74, 6) is 0.485. The van der Waals surface area contributed by atoms with E-state index in [2.05, 4.69) is 20.8 Å². The minimum atomic E-state index is -0.411. The Morgan fingerprint density at radius 1 is 1.10 bits per heavy atom. The van der Waals surface area contributed by atoms with Crippen LogP contribution in [0.15, 0.2) is 57.8 Å². The van der Waals surface area contributed by atoms with Crippen LogP contribution in [0.1, 0.15) is 0 Å². The van der Waals surface area contributed by atoms with Crippen molar-refractivity contribution in [3.05, 3.63) is 48.5 Å². The molecule has 0 fully saturated rings. The fourth-order valence-electron chi connectivity index (χ4n) is 2.30. The average molecular weight is 462 g/mol. The van der Waals surface area contributed by atoms with Crippen LogP contribution in [0.3, 0.4) is 0 Å². The predicted octanol–water partition coefficient (Wildman–Crippen LogP) is 3.60. The van der Waals surface area contributed by atoms with Crippen LogP contribution in [-0.2, 0) is 9.59 Å². The molecule has 3 aromatic rings. The first-order valence-corrected chi connectivity index (χ1v) is 11.5. The van der Waals surface area contributed by atoms with E-state index in [1.165, 1.54) is 34.9 Å². The van der Waals surface area contributed by atoms with Crippen molar-refractivity contribution in [2.24, 2.45) is 5.73 Å². The number of rotatable bonds is 10. The number of para-hydroxylation sites is 1. The van der Waals surface area contributed by atoms with Gasteiger partial charge in [-0.2, -0.15) is 0 Å². The lowest BCUT2D eigenvalue weighted by molar-refractivity contribution is -0.115. The molecular formula is C19H19N5O3S3. The topological polar surface area (TPSA) is 119 Å². The molecule has 1 aromatic heterocycles. The smallest absolute Gasteiger partial charge is 0.234 e. The van der Waals surface area contributed by atoms with Gasteiger partial charge in [0.15, 0.2) is 4.34 Å². The number of thioether (sulfide) groups is 2. The van der Waals surface area contributed by atoms with Crippen molar-refractivity contribution in [1.29, 1.82) is 0 Å². The molecule has 2 amide bonds. The van der Waals surface area contributed by atoms with Crippen molar-refractivity contribution < 1.29 is 14.3 Å². The molecule has 2 aromatic carbocycles. The first-order valence-electron chi connectivity index (χ1n) is 8.71. The van der Waals surface area contributed by atoms with Gasteiger partial charge in [0.25, 0.3) is 0 Å². The summed E-state index contributed by atoms with van der Waals surface area (Å²) in [7, 11) is 1.61. The van der Waals surface area contributed by atoms with Crippen LogP contribution in [0.5, 0.6) is 5.75 Å². The summed E-state index contributed by atoms with van der Waals surface area (Å²) in [6.45, 7) is 0. The van der Waals surface area contributed by atoms with Gasteiger partial charge in [-0.3, -0.25) is 9.59 Å². The van der Waals surface area contributed by atoms with Gasteiger partial charge in [0.05, 0.1) is 24.3 Å². The van der Waals surface area contributed by atoms with Crippen LogP contribution in [0.4, 0.5) is 16.5 Å². The van der Waals surface area contributed by atoms with Crippen LogP contribution >= 0.6 is 34.9 Å². The Labute approximate surface area is 186 Å². The molecule has 0 aliphatic heterocycles. The molecule has 8 nitrogen and oxygen atoms in total. The van der Waals surface area contributed by atoms with Crippen LogP contribution in [0, 0.1) is 0 Å². The minimum Gasteiger partial charge on any atom is -0.497 e. The van der Waals surface area contributed by atoms with E-state index in [0.29, 0.717) is 15.2 Å². The third kappa shape index (κ3) is 6.65. The Balaban J connectivity index is 1.53. The second kappa shape index (κ2) is 10.9. The summed E-state index contributed by atoms with van der Waals surface area (Å²) in [6.07, 6.45) is 0. The highest BCUT2D eigenvalue weighted by atomic mass is 32.2. The van der Waals surface area contributed by atoms with Crippen LogP contribution in [0.2, 0.25) is 0 Å². The van der Waals surface area contributed by atoms with E-state index in [-0.39, 0.29) is 17.4 Å². The summed E-state index contributed by atoms with van der Waals surface area (Å²) in [5.41, 5.74) is 6.68. The zero-order chi connectivity index (χ0) is 21.3. The molecule has 156 valence electrons. The van der Waals surface area contributed by atoms with Crippen molar-refractivity contribution in [3.63, 3.8) is 0 Å². The monoisotopic (exact) mass is 461 g/mol. The lowest BCUT2D eigenvalue weighted by Gasteiger charge is -2.09. The number of carbonyl (C=O) groups is 2. The zero-order valence-electron chi connectivity index (χ0n) is 16.0. The molecular weight excluding hydrogens is 442 g/mol. The molecule has 3 rings (SSSR count). The highest BCUT2D eigenvalue weighted by Gasteiger charge is 2.11. The van der Waals surface area contributed by atoms with Gasteiger partial charge in [-0.05, 0) is 24.3 Å². The number of anilines is 3. The van der Waals surface area contributed by atoms with Crippen molar-refractivity contribution >= 4 is 63.2 Å². The van der Waals surface area contributed by atoms with Gasteiger partial charge < -0.3 is 21.1 Å². The van der Waals surface area contributed by atoms with Gasteiger partial charge in [0.2, 0.25) is 16.9 Å². The summed E-state index contributed by atoms with van der Waals surface area (Å²) in [4.78, 5) is 24.1. The first kappa shape index (κ1) is 21.9. The molecule has 30 heavy (non-hydrogen) atoms. The number of nitrogens with zero attached hydrogens (tertiary/aromatic N) is 2. The summed E-state index contributed by atoms with van der Waals surface area (Å²) in [5, 5.41) is 14.9. The van der Waals surface area contributed by atoms with E-state index in [1.54, 1.807) is 13.2 Å². The van der Waals surface area contributed by atoms with Crippen molar-refractivity contribution in [2.45, 2.75) is 9.24 Å². The number of nitrogens with one attached hydrogen (secondary N) is 2. The predicted molar refractivity (Wildman–Crippen MR) is 122 cm³/mol. The van der Waals surface area contributed by atoms with Gasteiger partial charge in [-0.25, -0.2) is 0 Å². The van der Waals surface area contributed by atoms with E-state index in [1.807, 2.05) is 42.5 Å². The quantitative estimate of drug-likeness (QED) is 0.392. The molecule has 0 saturated heterocycles. The fraction of sp³-hybridized carbons (Fsp3) is 0.158. The number of ether oxygens (including phenoxy) is 1. The van der Waals surface area contributed by atoms with E-state index < -0.39 is 5.91 Å². The molecule has 0 saturated carbocycles. The van der Waals surface area contributed by atoms with Gasteiger partial charge in [-0.1, -0.05) is 41.3 Å². The molecule has 0 spiro atoms. The van der Waals surface area contributed by atoms with Gasteiger partial charge in [0, 0.05) is 16.6 Å². The van der Waals surface area contributed by atoms with Crippen LogP contribution in [0.25, 0.3) is 0 Å². The molecule has 1 heterocycles. The first-order chi connectivity index (χ1) is 14.5. The van der Waals surface area contributed by atoms with E-state index in [4.69, 9.17) is 10.5 Å². The number of carbonyl (C=O) groups excluding carboxylic acids is 2. The summed E-state index contributed by atoms with van der Waals surface area (Å²) >= 11 is 3.94. The van der Waals surface area contributed by atoms with Gasteiger partial charge >= 0.3 is 0 Å². The Morgan fingerprint density at radius 3 is 2.73 bits per heavy atom. The Kier molecular flexibility index (Phi) is 7.94. The molecule has 0 atom stereocenters.